The first-order valence-corrected chi connectivity index (χ1v) is 7.12. The number of aryl methyl sites for hydroxylation is 1. The maximum absolute atomic E-state index is 6.26. The van der Waals surface area contributed by atoms with Crippen molar-refractivity contribution in [1.29, 1.82) is 0 Å². The summed E-state index contributed by atoms with van der Waals surface area (Å²) < 4.78 is 10.6. The molecule has 1 unspecified atom stereocenters. The molecule has 0 fully saturated rings. The van der Waals surface area contributed by atoms with E-state index in [1.54, 1.807) is 25.6 Å². The Kier molecular flexibility index (Phi) is 4.82. The summed E-state index contributed by atoms with van der Waals surface area (Å²) >= 11 is 1.77. The third kappa shape index (κ3) is 3.49. The van der Waals surface area contributed by atoms with Crippen molar-refractivity contribution in [3.8, 4) is 11.5 Å². The van der Waals surface area contributed by atoms with Crippen molar-refractivity contribution in [1.82, 2.24) is 0 Å². The van der Waals surface area contributed by atoms with Gasteiger partial charge in [0.1, 0.15) is 11.5 Å². The molecule has 102 valence electrons. The lowest BCUT2D eigenvalue weighted by Crippen LogP contribution is -2.12. The largest absolute Gasteiger partial charge is 0.497 e. The van der Waals surface area contributed by atoms with Crippen LogP contribution in [0.1, 0.15) is 22.9 Å². The second kappa shape index (κ2) is 6.59. The van der Waals surface area contributed by atoms with E-state index in [2.05, 4.69) is 17.5 Å². The number of rotatable bonds is 6. The molecule has 0 aliphatic rings. The van der Waals surface area contributed by atoms with Crippen molar-refractivity contribution in [3.63, 3.8) is 0 Å². The molecule has 1 aromatic heterocycles. The van der Waals surface area contributed by atoms with Gasteiger partial charge in [0.15, 0.2) is 0 Å². The minimum Gasteiger partial charge on any atom is -0.497 e. The first-order chi connectivity index (χ1) is 9.24. The molecule has 19 heavy (non-hydrogen) atoms. The predicted octanol–water partition coefficient (Wildman–Crippen LogP) is 3.40. The lowest BCUT2D eigenvalue weighted by Gasteiger charge is -2.16. The zero-order valence-corrected chi connectivity index (χ0v) is 12.1. The van der Waals surface area contributed by atoms with Gasteiger partial charge in [0.05, 0.1) is 14.2 Å². The van der Waals surface area contributed by atoms with E-state index in [4.69, 9.17) is 15.2 Å². The Bertz CT molecular complexity index is 511. The Hall–Kier alpha value is -1.52. The predicted molar refractivity (Wildman–Crippen MR) is 79.1 cm³/mol. The van der Waals surface area contributed by atoms with E-state index in [0.717, 1.165) is 29.9 Å². The highest BCUT2D eigenvalue weighted by Crippen LogP contribution is 2.30. The van der Waals surface area contributed by atoms with Crippen LogP contribution in [-0.4, -0.2) is 14.2 Å². The number of thiophene rings is 1. The summed E-state index contributed by atoms with van der Waals surface area (Å²) in [4.78, 5) is 1.36. The van der Waals surface area contributed by atoms with Crippen LogP contribution in [0.15, 0.2) is 35.7 Å². The van der Waals surface area contributed by atoms with E-state index in [1.807, 2.05) is 18.2 Å². The quantitative estimate of drug-likeness (QED) is 0.880. The van der Waals surface area contributed by atoms with Gasteiger partial charge < -0.3 is 15.2 Å². The molecule has 0 amide bonds. The molecular weight excluding hydrogens is 258 g/mol. The van der Waals surface area contributed by atoms with Gasteiger partial charge in [-0.25, -0.2) is 0 Å². The molecule has 0 bridgehead atoms. The van der Waals surface area contributed by atoms with Crippen LogP contribution < -0.4 is 15.2 Å². The molecule has 0 saturated heterocycles. The maximum atomic E-state index is 6.26. The molecule has 2 N–H and O–H groups in total. The molecular formula is C15H19NO2S. The lowest BCUT2D eigenvalue weighted by molar-refractivity contribution is 0.387. The molecule has 0 radical (unpaired) electrons. The highest BCUT2D eigenvalue weighted by Gasteiger charge is 2.13. The van der Waals surface area contributed by atoms with Crippen LogP contribution in [-0.2, 0) is 6.42 Å². The van der Waals surface area contributed by atoms with E-state index >= 15 is 0 Å². The average Bonchev–Trinajstić information content (AvgIpc) is 2.97. The van der Waals surface area contributed by atoms with Gasteiger partial charge in [-0.3, -0.25) is 0 Å². The summed E-state index contributed by atoms with van der Waals surface area (Å²) in [6, 6.07) is 9.96. The SMILES string of the molecule is COc1ccc(C(N)CCc2cccs2)c(OC)c1. The standard InChI is InChI=1S/C15H19NO2S/c1-17-11-5-7-13(15(10-11)18-2)14(16)8-6-12-4-3-9-19-12/h3-5,7,9-10,14H,6,8,16H2,1-2H3. The first kappa shape index (κ1) is 13.9. The normalized spacial score (nSPS) is 12.2. The molecule has 2 rings (SSSR count). The highest BCUT2D eigenvalue weighted by molar-refractivity contribution is 7.09. The summed E-state index contributed by atoms with van der Waals surface area (Å²) in [7, 11) is 3.30. The van der Waals surface area contributed by atoms with Gasteiger partial charge in [-0.1, -0.05) is 12.1 Å². The number of benzene rings is 1. The van der Waals surface area contributed by atoms with Gasteiger partial charge in [-0.15, -0.1) is 11.3 Å². The van der Waals surface area contributed by atoms with Crippen molar-refractivity contribution in [3.05, 3.63) is 46.2 Å². The van der Waals surface area contributed by atoms with Crippen molar-refractivity contribution in [2.24, 2.45) is 5.73 Å². The van der Waals surface area contributed by atoms with Crippen LogP contribution in [0, 0.1) is 0 Å². The molecule has 1 atom stereocenters. The Morgan fingerprint density at radius 3 is 2.68 bits per heavy atom. The molecule has 2 aromatic rings. The number of ether oxygens (including phenoxy) is 2. The third-order valence-corrected chi connectivity index (χ3v) is 4.06. The Morgan fingerprint density at radius 2 is 2.05 bits per heavy atom. The Labute approximate surface area is 118 Å². The smallest absolute Gasteiger partial charge is 0.127 e. The number of methoxy groups -OCH3 is 2. The fourth-order valence-electron chi connectivity index (χ4n) is 2.03. The van der Waals surface area contributed by atoms with Crippen LogP contribution in [0.3, 0.4) is 0 Å². The molecule has 4 heteroatoms. The van der Waals surface area contributed by atoms with Crippen molar-refractivity contribution >= 4 is 11.3 Å². The van der Waals surface area contributed by atoms with Crippen molar-refractivity contribution < 1.29 is 9.47 Å². The van der Waals surface area contributed by atoms with Gasteiger partial charge >= 0.3 is 0 Å². The van der Waals surface area contributed by atoms with Crippen molar-refractivity contribution in [2.45, 2.75) is 18.9 Å². The molecule has 0 saturated carbocycles. The molecule has 0 aliphatic carbocycles. The third-order valence-electron chi connectivity index (χ3n) is 3.12. The summed E-state index contributed by atoms with van der Waals surface area (Å²) in [5.41, 5.74) is 7.29. The zero-order valence-electron chi connectivity index (χ0n) is 11.3. The number of hydrogen-bond donors (Lipinski definition) is 1. The fraction of sp³-hybridized carbons (Fsp3) is 0.333. The zero-order chi connectivity index (χ0) is 13.7. The van der Waals surface area contributed by atoms with E-state index in [1.165, 1.54) is 4.88 Å². The minimum atomic E-state index is -0.0250. The second-order valence-corrected chi connectivity index (χ2v) is 5.36. The molecule has 1 aromatic carbocycles. The van der Waals surface area contributed by atoms with Crippen LogP contribution in [0.5, 0.6) is 11.5 Å². The highest BCUT2D eigenvalue weighted by atomic mass is 32.1. The van der Waals surface area contributed by atoms with Crippen LogP contribution in [0.25, 0.3) is 0 Å². The summed E-state index contributed by atoms with van der Waals surface area (Å²) in [6.45, 7) is 0. The van der Waals surface area contributed by atoms with Crippen LogP contribution in [0.2, 0.25) is 0 Å². The molecule has 3 nitrogen and oxygen atoms in total. The fourth-order valence-corrected chi connectivity index (χ4v) is 2.76. The van der Waals surface area contributed by atoms with Gasteiger partial charge in [-0.05, 0) is 30.4 Å². The van der Waals surface area contributed by atoms with Gasteiger partial charge in [0.25, 0.3) is 0 Å². The van der Waals surface area contributed by atoms with E-state index in [0.29, 0.717) is 0 Å². The summed E-state index contributed by atoms with van der Waals surface area (Å²) in [6.07, 6.45) is 1.90. The topological polar surface area (TPSA) is 44.5 Å². The van der Waals surface area contributed by atoms with Gasteiger partial charge in [-0.2, -0.15) is 0 Å². The van der Waals surface area contributed by atoms with Crippen LogP contribution in [0.4, 0.5) is 0 Å². The van der Waals surface area contributed by atoms with E-state index < -0.39 is 0 Å². The van der Waals surface area contributed by atoms with Crippen molar-refractivity contribution in [2.75, 3.05) is 14.2 Å². The second-order valence-electron chi connectivity index (χ2n) is 4.33. The monoisotopic (exact) mass is 277 g/mol. The van der Waals surface area contributed by atoms with Gasteiger partial charge in [0.2, 0.25) is 0 Å². The first-order valence-electron chi connectivity index (χ1n) is 6.24. The Morgan fingerprint density at radius 1 is 1.21 bits per heavy atom. The number of nitrogens with two attached hydrogens (primary N) is 1. The number of hydrogen-bond acceptors (Lipinski definition) is 4. The average molecular weight is 277 g/mol. The molecule has 0 spiro atoms. The van der Waals surface area contributed by atoms with E-state index in [9.17, 15) is 0 Å². The molecule has 1 heterocycles. The van der Waals surface area contributed by atoms with Gasteiger partial charge in [0, 0.05) is 22.5 Å². The van der Waals surface area contributed by atoms with Crippen LogP contribution >= 0.6 is 11.3 Å². The lowest BCUT2D eigenvalue weighted by atomic mass is 10.0. The Balaban J connectivity index is 2.07. The maximum Gasteiger partial charge on any atom is 0.127 e. The minimum absolute atomic E-state index is 0.0250. The van der Waals surface area contributed by atoms with E-state index in [-0.39, 0.29) is 6.04 Å². The summed E-state index contributed by atoms with van der Waals surface area (Å²) in [5.74, 6) is 1.57. The molecule has 0 aliphatic heterocycles. The summed E-state index contributed by atoms with van der Waals surface area (Å²) in [5, 5.41) is 2.09.